The number of benzene rings is 2. The fourth-order valence-electron chi connectivity index (χ4n) is 2.54. The van der Waals surface area contributed by atoms with Crippen molar-refractivity contribution in [1.29, 1.82) is 5.26 Å². The number of anilines is 1. The monoisotopic (exact) mass is 391 g/mol. The standard InChI is InChI=1S/C23H25N3O3/c1-4-29-23(28)19-7-5-17(6-8-19)14-25-15-20(13-24)22(27)26-21-11-9-18(10-12-21)16(2)3/h5-12,15-16,25H,4,14H2,1-3H3,(H,26,27)/b20-15-. The Balaban J connectivity index is 1.93. The fourth-order valence-corrected chi connectivity index (χ4v) is 2.54. The van der Waals surface area contributed by atoms with E-state index >= 15 is 0 Å². The molecule has 0 radical (unpaired) electrons. The molecule has 2 rings (SSSR count). The quantitative estimate of drug-likeness (QED) is 0.401. The van der Waals surface area contributed by atoms with Gasteiger partial charge in [-0.1, -0.05) is 38.1 Å². The average molecular weight is 391 g/mol. The van der Waals surface area contributed by atoms with Crippen LogP contribution in [0.15, 0.2) is 60.3 Å². The number of nitriles is 1. The van der Waals surface area contributed by atoms with E-state index in [4.69, 9.17) is 4.74 Å². The van der Waals surface area contributed by atoms with Crippen molar-refractivity contribution in [3.05, 3.63) is 77.0 Å². The number of esters is 1. The zero-order chi connectivity index (χ0) is 21.2. The molecule has 0 aliphatic carbocycles. The summed E-state index contributed by atoms with van der Waals surface area (Å²) < 4.78 is 4.94. The first-order valence-electron chi connectivity index (χ1n) is 9.45. The molecule has 0 atom stereocenters. The van der Waals surface area contributed by atoms with Crippen LogP contribution in [0.5, 0.6) is 0 Å². The van der Waals surface area contributed by atoms with E-state index in [2.05, 4.69) is 24.5 Å². The molecule has 0 bridgehead atoms. The van der Waals surface area contributed by atoms with Crippen molar-refractivity contribution >= 4 is 17.6 Å². The topological polar surface area (TPSA) is 91.2 Å². The number of ether oxygens (including phenoxy) is 1. The van der Waals surface area contributed by atoms with Gasteiger partial charge in [-0.05, 0) is 48.2 Å². The molecule has 2 N–H and O–H groups in total. The highest BCUT2D eigenvalue weighted by atomic mass is 16.5. The van der Waals surface area contributed by atoms with Crippen LogP contribution < -0.4 is 10.6 Å². The van der Waals surface area contributed by atoms with Gasteiger partial charge in [-0.25, -0.2) is 4.79 Å². The Morgan fingerprint density at radius 2 is 1.76 bits per heavy atom. The Morgan fingerprint density at radius 3 is 2.31 bits per heavy atom. The van der Waals surface area contributed by atoms with Crippen molar-refractivity contribution in [3.8, 4) is 6.07 Å². The molecule has 0 heterocycles. The summed E-state index contributed by atoms with van der Waals surface area (Å²) in [7, 11) is 0. The van der Waals surface area contributed by atoms with Crippen molar-refractivity contribution < 1.29 is 14.3 Å². The summed E-state index contributed by atoms with van der Waals surface area (Å²) in [6.45, 7) is 6.69. The van der Waals surface area contributed by atoms with E-state index in [0.29, 0.717) is 30.3 Å². The van der Waals surface area contributed by atoms with E-state index in [1.165, 1.54) is 11.8 Å². The van der Waals surface area contributed by atoms with Gasteiger partial charge in [0, 0.05) is 18.4 Å². The van der Waals surface area contributed by atoms with Crippen LogP contribution in [-0.4, -0.2) is 18.5 Å². The molecule has 0 aromatic heterocycles. The molecule has 0 aliphatic rings. The molecule has 6 nitrogen and oxygen atoms in total. The van der Waals surface area contributed by atoms with Gasteiger partial charge < -0.3 is 15.4 Å². The minimum atomic E-state index is -0.477. The van der Waals surface area contributed by atoms with Gasteiger partial charge in [-0.2, -0.15) is 5.26 Å². The lowest BCUT2D eigenvalue weighted by Crippen LogP contribution is -2.16. The van der Waals surface area contributed by atoms with E-state index in [-0.39, 0.29) is 11.5 Å². The first-order valence-corrected chi connectivity index (χ1v) is 9.45. The van der Waals surface area contributed by atoms with Gasteiger partial charge in [0.05, 0.1) is 12.2 Å². The molecule has 6 heteroatoms. The smallest absolute Gasteiger partial charge is 0.338 e. The van der Waals surface area contributed by atoms with Crippen molar-refractivity contribution in [2.45, 2.75) is 33.2 Å². The highest BCUT2D eigenvalue weighted by molar-refractivity contribution is 6.06. The number of carbonyl (C=O) groups excluding carboxylic acids is 2. The van der Waals surface area contributed by atoms with Crippen LogP contribution in [0.3, 0.4) is 0 Å². The van der Waals surface area contributed by atoms with Gasteiger partial charge in [0.2, 0.25) is 0 Å². The van der Waals surface area contributed by atoms with Gasteiger partial charge >= 0.3 is 5.97 Å². The van der Waals surface area contributed by atoms with E-state index in [1.54, 1.807) is 31.2 Å². The third-order valence-electron chi connectivity index (χ3n) is 4.22. The maximum atomic E-state index is 12.3. The summed E-state index contributed by atoms with van der Waals surface area (Å²) in [4.78, 5) is 23.9. The van der Waals surface area contributed by atoms with Crippen LogP contribution in [0.25, 0.3) is 0 Å². The Bertz CT molecular complexity index is 908. The molecule has 0 saturated carbocycles. The number of nitrogens with one attached hydrogen (secondary N) is 2. The van der Waals surface area contributed by atoms with Crippen molar-refractivity contribution in [3.63, 3.8) is 0 Å². The SMILES string of the molecule is CCOC(=O)c1ccc(CN/C=C(/C#N)C(=O)Nc2ccc(C(C)C)cc2)cc1. The van der Waals surface area contributed by atoms with Crippen LogP contribution in [0.1, 0.15) is 48.2 Å². The van der Waals surface area contributed by atoms with Crippen molar-refractivity contribution in [2.24, 2.45) is 0 Å². The predicted molar refractivity (Wildman–Crippen MR) is 112 cm³/mol. The van der Waals surface area contributed by atoms with Crippen LogP contribution in [0.4, 0.5) is 5.69 Å². The van der Waals surface area contributed by atoms with Gasteiger partial charge in [0.1, 0.15) is 11.6 Å². The molecule has 0 unspecified atom stereocenters. The molecule has 29 heavy (non-hydrogen) atoms. The normalized spacial score (nSPS) is 10.9. The first-order chi connectivity index (χ1) is 13.9. The third kappa shape index (κ3) is 6.51. The number of hydrogen-bond acceptors (Lipinski definition) is 5. The minimum Gasteiger partial charge on any atom is -0.462 e. The Labute approximate surface area is 171 Å². The second kappa shape index (κ2) is 10.7. The maximum Gasteiger partial charge on any atom is 0.338 e. The van der Waals surface area contributed by atoms with Crippen molar-refractivity contribution in [1.82, 2.24) is 5.32 Å². The number of rotatable bonds is 8. The van der Waals surface area contributed by atoms with Crippen LogP contribution in [-0.2, 0) is 16.1 Å². The summed E-state index contributed by atoms with van der Waals surface area (Å²) in [5, 5.41) is 14.9. The summed E-state index contributed by atoms with van der Waals surface area (Å²) in [5.74, 6) is -0.434. The lowest BCUT2D eigenvalue weighted by molar-refractivity contribution is -0.112. The zero-order valence-corrected chi connectivity index (χ0v) is 16.9. The summed E-state index contributed by atoms with van der Waals surface area (Å²) in [5.41, 5.74) is 3.16. The van der Waals surface area contributed by atoms with Gasteiger partial charge in [-0.15, -0.1) is 0 Å². The largest absolute Gasteiger partial charge is 0.462 e. The highest BCUT2D eigenvalue weighted by Crippen LogP contribution is 2.17. The van der Waals surface area contributed by atoms with Crippen LogP contribution in [0.2, 0.25) is 0 Å². The molecular formula is C23H25N3O3. The van der Waals surface area contributed by atoms with E-state index < -0.39 is 5.91 Å². The third-order valence-corrected chi connectivity index (χ3v) is 4.22. The zero-order valence-electron chi connectivity index (χ0n) is 16.9. The maximum absolute atomic E-state index is 12.3. The van der Waals surface area contributed by atoms with Gasteiger partial charge in [-0.3, -0.25) is 4.79 Å². The Kier molecular flexibility index (Phi) is 7.99. The van der Waals surface area contributed by atoms with E-state index in [9.17, 15) is 14.9 Å². The van der Waals surface area contributed by atoms with Crippen molar-refractivity contribution in [2.75, 3.05) is 11.9 Å². The van der Waals surface area contributed by atoms with E-state index in [0.717, 1.165) is 5.56 Å². The molecule has 0 fully saturated rings. The highest BCUT2D eigenvalue weighted by Gasteiger charge is 2.10. The summed E-state index contributed by atoms with van der Waals surface area (Å²) in [6.07, 6.45) is 1.39. The number of amides is 1. The van der Waals surface area contributed by atoms with Crippen LogP contribution >= 0.6 is 0 Å². The van der Waals surface area contributed by atoms with E-state index in [1.807, 2.05) is 30.3 Å². The second-order valence-electron chi connectivity index (χ2n) is 6.70. The first kappa shape index (κ1) is 21.7. The molecular weight excluding hydrogens is 366 g/mol. The predicted octanol–water partition coefficient (Wildman–Crippen LogP) is 4.12. The molecule has 0 spiro atoms. The molecule has 0 saturated heterocycles. The fraction of sp³-hybridized carbons (Fsp3) is 0.261. The summed E-state index contributed by atoms with van der Waals surface area (Å²) >= 11 is 0. The number of nitrogens with zero attached hydrogens (tertiary/aromatic N) is 1. The molecule has 0 aliphatic heterocycles. The van der Waals surface area contributed by atoms with Gasteiger partial charge in [0.25, 0.3) is 5.91 Å². The van der Waals surface area contributed by atoms with Gasteiger partial charge in [0.15, 0.2) is 0 Å². The number of carbonyl (C=O) groups is 2. The van der Waals surface area contributed by atoms with Crippen LogP contribution in [0, 0.1) is 11.3 Å². The minimum absolute atomic E-state index is 0.0268. The Hall–Kier alpha value is -3.59. The Morgan fingerprint density at radius 1 is 1.10 bits per heavy atom. The molecule has 2 aromatic carbocycles. The molecule has 2 aromatic rings. The molecule has 1 amide bonds. The lowest BCUT2D eigenvalue weighted by Gasteiger charge is -2.08. The lowest BCUT2D eigenvalue weighted by atomic mass is 10.0. The average Bonchev–Trinajstić information content (AvgIpc) is 2.72. The molecule has 150 valence electrons. The number of hydrogen-bond donors (Lipinski definition) is 2. The summed E-state index contributed by atoms with van der Waals surface area (Å²) in [6, 6.07) is 16.4. The second-order valence-corrected chi connectivity index (χ2v) is 6.70.